The van der Waals surface area contributed by atoms with E-state index in [9.17, 15) is 9.59 Å². The normalized spacial score (nSPS) is 10.3. The Morgan fingerprint density at radius 1 is 1.08 bits per heavy atom. The van der Waals surface area contributed by atoms with Crippen molar-refractivity contribution in [3.05, 3.63) is 58.1 Å². The summed E-state index contributed by atoms with van der Waals surface area (Å²) >= 11 is 11.8. The van der Waals surface area contributed by atoms with Crippen molar-refractivity contribution in [2.24, 2.45) is 0 Å². The minimum atomic E-state index is -0.218. The summed E-state index contributed by atoms with van der Waals surface area (Å²) in [5.74, 6) is 0.436. The highest BCUT2D eigenvalue weighted by Crippen LogP contribution is 2.22. The van der Waals surface area contributed by atoms with Crippen molar-refractivity contribution in [1.82, 2.24) is 4.90 Å². The zero-order valence-electron chi connectivity index (χ0n) is 14.6. The average molecular weight is 395 g/mol. The molecule has 0 spiro atoms. The Hall–Kier alpha value is -2.24. The Morgan fingerprint density at radius 3 is 2.23 bits per heavy atom. The molecule has 0 atom stereocenters. The van der Waals surface area contributed by atoms with Crippen LogP contribution in [-0.2, 0) is 16.1 Å². The lowest BCUT2D eigenvalue weighted by Gasteiger charge is -2.21. The van der Waals surface area contributed by atoms with Crippen LogP contribution in [0.4, 0.5) is 5.69 Å². The molecule has 2 aromatic carbocycles. The van der Waals surface area contributed by atoms with Crippen LogP contribution in [0.2, 0.25) is 10.0 Å². The van der Waals surface area contributed by atoms with Gasteiger partial charge < -0.3 is 15.0 Å². The van der Waals surface area contributed by atoms with E-state index in [1.165, 1.54) is 6.92 Å². The maximum atomic E-state index is 12.1. The summed E-state index contributed by atoms with van der Waals surface area (Å²) in [4.78, 5) is 25.6. The van der Waals surface area contributed by atoms with E-state index in [-0.39, 0.29) is 18.2 Å². The van der Waals surface area contributed by atoms with E-state index in [2.05, 4.69) is 5.32 Å². The monoisotopic (exact) mass is 394 g/mol. The molecule has 0 heterocycles. The topological polar surface area (TPSA) is 58.6 Å². The second-order valence-corrected chi connectivity index (χ2v) is 6.62. The van der Waals surface area contributed by atoms with Crippen LogP contribution in [0.1, 0.15) is 18.9 Å². The molecule has 2 amide bonds. The summed E-state index contributed by atoms with van der Waals surface area (Å²) in [5.41, 5.74) is 1.49. The molecule has 0 aromatic heterocycles. The highest BCUT2D eigenvalue weighted by atomic mass is 35.5. The van der Waals surface area contributed by atoms with Crippen molar-refractivity contribution >= 4 is 40.7 Å². The molecule has 26 heavy (non-hydrogen) atoms. The molecule has 0 saturated carbocycles. The van der Waals surface area contributed by atoms with Gasteiger partial charge in [-0.05, 0) is 35.9 Å². The maximum Gasteiger partial charge on any atom is 0.226 e. The van der Waals surface area contributed by atoms with E-state index in [1.54, 1.807) is 30.2 Å². The van der Waals surface area contributed by atoms with Crippen molar-refractivity contribution in [2.75, 3.05) is 19.0 Å². The standard InChI is InChI=1S/C19H20Cl2N2O3/c1-13(24)23(12-14-3-5-18(26-2)6-4-14)8-7-19(25)22-17-10-15(20)9-16(21)11-17/h3-6,9-11H,7-8,12H2,1-2H3,(H,22,25). The average Bonchev–Trinajstić information content (AvgIpc) is 2.58. The second kappa shape index (κ2) is 9.46. The van der Waals surface area contributed by atoms with E-state index in [1.807, 2.05) is 24.3 Å². The van der Waals surface area contributed by atoms with Gasteiger partial charge in [-0.15, -0.1) is 0 Å². The lowest BCUT2D eigenvalue weighted by Crippen LogP contribution is -2.31. The Balaban J connectivity index is 1.92. The fraction of sp³-hybridized carbons (Fsp3) is 0.263. The van der Waals surface area contributed by atoms with E-state index >= 15 is 0 Å². The number of hydrogen-bond donors (Lipinski definition) is 1. The predicted octanol–water partition coefficient (Wildman–Crippen LogP) is 4.38. The molecule has 2 aromatic rings. The lowest BCUT2D eigenvalue weighted by molar-refractivity contribution is -0.129. The Morgan fingerprint density at radius 2 is 1.69 bits per heavy atom. The molecule has 138 valence electrons. The van der Waals surface area contributed by atoms with Crippen LogP contribution in [0.25, 0.3) is 0 Å². The number of nitrogens with one attached hydrogen (secondary N) is 1. The fourth-order valence-corrected chi connectivity index (χ4v) is 2.91. The number of nitrogens with zero attached hydrogens (tertiary/aromatic N) is 1. The highest BCUT2D eigenvalue weighted by Gasteiger charge is 2.12. The SMILES string of the molecule is COc1ccc(CN(CCC(=O)Nc2cc(Cl)cc(Cl)c2)C(C)=O)cc1. The van der Waals surface area contributed by atoms with Gasteiger partial charge in [-0.25, -0.2) is 0 Å². The molecule has 1 N–H and O–H groups in total. The fourth-order valence-electron chi connectivity index (χ4n) is 2.39. The summed E-state index contributed by atoms with van der Waals surface area (Å²) < 4.78 is 5.12. The number of rotatable bonds is 7. The quantitative estimate of drug-likeness (QED) is 0.757. The van der Waals surface area contributed by atoms with Gasteiger partial charge >= 0.3 is 0 Å². The molecule has 2 rings (SSSR count). The zero-order valence-corrected chi connectivity index (χ0v) is 16.1. The van der Waals surface area contributed by atoms with Gasteiger partial charge in [0.25, 0.3) is 0 Å². The van der Waals surface area contributed by atoms with Gasteiger partial charge in [0, 0.05) is 42.2 Å². The molecule has 0 radical (unpaired) electrons. The van der Waals surface area contributed by atoms with Crippen molar-refractivity contribution in [3.63, 3.8) is 0 Å². The number of ether oxygens (including phenoxy) is 1. The number of benzene rings is 2. The first-order chi connectivity index (χ1) is 12.4. The van der Waals surface area contributed by atoms with Crippen molar-refractivity contribution in [1.29, 1.82) is 0 Å². The summed E-state index contributed by atoms with van der Waals surface area (Å²) in [6, 6.07) is 12.3. The number of methoxy groups -OCH3 is 1. The summed E-state index contributed by atoms with van der Waals surface area (Å²) in [6.07, 6.45) is 0.167. The summed E-state index contributed by atoms with van der Waals surface area (Å²) in [5, 5.41) is 3.62. The van der Waals surface area contributed by atoms with Crippen LogP contribution in [0.3, 0.4) is 0 Å². The zero-order chi connectivity index (χ0) is 19.1. The summed E-state index contributed by atoms with van der Waals surface area (Å²) in [7, 11) is 1.60. The van der Waals surface area contributed by atoms with Crippen LogP contribution in [0, 0.1) is 0 Å². The van der Waals surface area contributed by atoms with Crippen LogP contribution >= 0.6 is 23.2 Å². The third-order valence-corrected chi connectivity index (χ3v) is 4.17. The molecule has 0 bridgehead atoms. The largest absolute Gasteiger partial charge is 0.497 e. The highest BCUT2D eigenvalue weighted by molar-refractivity contribution is 6.35. The molecule has 0 fully saturated rings. The van der Waals surface area contributed by atoms with Gasteiger partial charge in [-0.3, -0.25) is 9.59 Å². The first-order valence-corrected chi connectivity index (χ1v) is 8.77. The summed E-state index contributed by atoms with van der Waals surface area (Å²) in [6.45, 7) is 2.22. The molecule has 0 aliphatic rings. The van der Waals surface area contributed by atoms with Crippen LogP contribution in [-0.4, -0.2) is 30.4 Å². The van der Waals surface area contributed by atoms with E-state index in [4.69, 9.17) is 27.9 Å². The second-order valence-electron chi connectivity index (χ2n) is 5.74. The van der Waals surface area contributed by atoms with E-state index in [0.29, 0.717) is 28.8 Å². The van der Waals surface area contributed by atoms with E-state index in [0.717, 1.165) is 11.3 Å². The first kappa shape index (κ1) is 20.1. The molecule has 5 nitrogen and oxygen atoms in total. The minimum absolute atomic E-state index is 0.0978. The third-order valence-electron chi connectivity index (χ3n) is 3.73. The molecule has 0 saturated heterocycles. The van der Waals surface area contributed by atoms with Gasteiger partial charge in [-0.2, -0.15) is 0 Å². The lowest BCUT2D eigenvalue weighted by atomic mass is 10.2. The predicted molar refractivity (Wildman–Crippen MR) is 104 cm³/mol. The van der Waals surface area contributed by atoms with Crippen LogP contribution in [0.5, 0.6) is 5.75 Å². The Kier molecular flexibility index (Phi) is 7.30. The number of hydrogen-bond acceptors (Lipinski definition) is 3. The molecule has 0 aliphatic heterocycles. The Bertz CT molecular complexity index is 759. The van der Waals surface area contributed by atoms with Gasteiger partial charge in [0.15, 0.2) is 0 Å². The van der Waals surface area contributed by atoms with Gasteiger partial charge in [0.05, 0.1) is 7.11 Å². The van der Waals surface area contributed by atoms with Crippen molar-refractivity contribution in [3.8, 4) is 5.75 Å². The van der Waals surface area contributed by atoms with Gasteiger partial charge in [0.2, 0.25) is 11.8 Å². The number of anilines is 1. The van der Waals surface area contributed by atoms with E-state index < -0.39 is 0 Å². The number of amides is 2. The minimum Gasteiger partial charge on any atom is -0.497 e. The van der Waals surface area contributed by atoms with Crippen molar-refractivity contribution in [2.45, 2.75) is 19.9 Å². The van der Waals surface area contributed by atoms with Crippen LogP contribution < -0.4 is 10.1 Å². The Labute approximate surface area is 162 Å². The molecular weight excluding hydrogens is 375 g/mol. The molecule has 7 heteroatoms. The molecule has 0 aliphatic carbocycles. The third kappa shape index (κ3) is 6.24. The van der Waals surface area contributed by atoms with Gasteiger partial charge in [-0.1, -0.05) is 35.3 Å². The first-order valence-electron chi connectivity index (χ1n) is 8.02. The molecular formula is C19H20Cl2N2O3. The van der Waals surface area contributed by atoms with Crippen molar-refractivity contribution < 1.29 is 14.3 Å². The molecule has 0 unspecified atom stereocenters. The number of halogens is 2. The maximum absolute atomic E-state index is 12.1. The number of carbonyl (C=O) groups is 2. The van der Waals surface area contributed by atoms with Gasteiger partial charge in [0.1, 0.15) is 5.75 Å². The number of carbonyl (C=O) groups excluding carboxylic acids is 2. The van der Waals surface area contributed by atoms with Crippen LogP contribution in [0.15, 0.2) is 42.5 Å². The smallest absolute Gasteiger partial charge is 0.226 e.